The van der Waals surface area contributed by atoms with Gasteiger partial charge in [-0.1, -0.05) is 41.6 Å². The number of carbonyl (C=O) groups excluding carboxylic acids is 1. The van der Waals surface area contributed by atoms with E-state index in [9.17, 15) is 4.79 Å². The van der Waals surface area contributed by atoms with E-state index in [1.165, 1.54) is 17.3 Å². The number of thioether (sulfide) groups is 1. The highest BCUT2D eigenvalue weighted by Gasteiger charge is 2.09. The molecule has 5 heteroatoms. The molecule has 112 valence electrons. The first-order chi connectivity index (χ1) is 10.6. The van der Waals surface area contributed by atoms with Crippen molar-refractivity contribution >= 4 is 44.9 Å². The van der Waals surface area contributed by atoms with Crippen LogP contribution in [0.1, 0.15) is 11.1 Å². The Kier molecular flexibility index (Phi) is 4.45. The maximum absolute atomic E-state index is 12.1. The molecule has 3 aromatic rings. The Labute approximate surface area is 137 Å². The minimum Gasteiger partial charge on any atom is -0.325 e. The van der Waals surface area contributed by atoms with Gasteiger partial charge in [-0.25, -0.2) is 4.98 Å². The van der Waals surface area contributed by atoms with Gasteiger partial charge in [-0.05, 0) is 37.6 Å². The predicted molar refractivity (Wildman–Crippen MR) is 94.9 cm³/mol. The average molecular weight is 328 g/mol. The minimum absolute atomic E-state index is 0.00351. The highest BCUT2D eigenvalue weighted by atomic mass is 32.2. The van der Waals surface area contributed by atoms with Crippen molar-refractivity contribution in [3.63, 3.8) is 0 Å². The maximum Gasteiger partial charge on any atom is 0.234 e. The van der Waals surface area contributed by atoms with Gasteiger partial charge in [-0.15, -0.1) is 11.3 Å². The molecule has 1 amide bonds. The van der Waals surface area contributed by atoms with Crippen LogP contribution < -0.4 is 5.32 Å². The molecule has 0 fully saturated rings. The van der Waals surface area contributed by atoms with Gasteiger partial charge in [0.15, 0.2) is 4.34 Å². The number of aryl methyl sites for hydroxylation is 2. The lowest BCUT2D eigenvalue weighted by Gasteiger charge is -2.08. The molecule has 0 aliphatic heterocycles. The number of aromatic nitrogens is 1. The van der Waals surface area contributed by atoms with Crippen LogP contribution in [0.5, 0.6) is 0 Å². The molecule has 1 aromatic heterocycles. The first-order valence-corrected chi connectivity index (χ1v) is 8.77. The third-order valence-electron chi connectivity index (χ3n) is 3.26. The molecule has 0 unspecified atom stereocenters. The van der Waals surface area contributed by atoms with Crippen molar-refractivity contribution in [2.24, 2.45) is 0 Å². The number of rotatable bonds is 4. The van der Waals surface area contributed by atoms with Crippen molar-refractivity contribution in [1.29, 1.82) is 0 Å². The summed E-state index contributed by atoms with van der Waals surface area (Å²) < 4.78 is 2.08. The number of para-hydroxylation sites is 1. The van der Waals surface area contributed by atoms with Crippen LogP contribution in [0.15, 0.2) is 46.8 Å². The van der Waals surface area contributed by atoms with Crippen LogP contribution in [0.2, 0.25) is 0 Å². The summed E-state index contributed by atoms with van der Waals surface area (Å²) in [4.78, 5) is 16.6. The molecule has 0 aliphatic rings. The molecule has 0 bridgehead atoms. The van der Waals surface area contributed by atoms with E-state index in [1.807, 2.05) is 50.2 Å². The molecule has 0 atom stereocenters. The summed E-state index contributed by atoms with van der Waals surface area (Å²) in [7, 11) is 0. The zero-order valence-corrected chi connectivity index (χ0v) is 14.1. The first-order valence-electron chi connectivity index (χ1n) is 6.97. The molecular weight excluding hydrogens is 312 g/mol. The smallest absolute Gasteiger partial charge is 0.234 e. The number of nitrogens with zero attached hydrogens (tertiary/aromatic N) is 1. The Morgan fingerprint density at radius 1 is 1.23 bits per heavy atom. The van der Waals surface area contributed by atoms with Crippen LogP contribution in [0.4, 0.5) is 5.69 Å². The zero-order chi connectivity index (χ0) is 15.5. The van der Waals surface area contributed by atoms with Crippen molar-refractivity contribution in [1.82, 2.24) is 4.98 Å². The minimum atomic E-state index is -0.00351. The number of nitrogens with one attached hydrogen (secondary N) is 1. The summed E-state index contributed by atoms with van der Waals surface area (Å²) in [5.41, 5.74) is 4.14. The fourth-order valence-corrected chi connectivity index (χ4v) is 4.05. The molecule has 0 saturated carbocycles. The summed E-state index contributed by atoms with van der Waals surface area (Å²) >= 11 is 3.10. The van der Waals surface area contributed by atoms with Crippen LogP contribution in [-0.4, -0.2) is 16.6 Å². The van der Waals surface area contributed by atoms with Crippen molar-refractivity contribution in [2.75, 3.05) is 11.1 Å². The van der Waals surface area contributed by atoms with Gasteiger partial charge < -0.3 is 5.32 Å². The van der Waals surface area contributed by atoms with Crippen molar-refractivity contribution in [3.05, 3.63) is 53.6 Å². The number of hydrogen-bond acceptors (Lipinski definition) is 4. The van der Waals surface area contributed by atoms with Crippen LogP contribution in [0.3, 0.4) is 0 Å². The van der Waals surface area contributed by atoms with Crippen molar-refractivity contribution < 1.29 is 4.79 Å². The van der Waals surface area contributed by atoms with Crippen molar-refractivity contribution in [3.8, 4) is 0 Å². The van der Waals surface area contributed by atoms with Gasteiger partial charge in [-0.3, -0.25) is 4.79 Å². The second-order valence-corrected chi connectivity index (χ2v) is 7.36. The topological polar surface area (TPSA) is 42.0 Å². The lowest BCUT2D eigenvalue weighted by molar-refractivity contribution is -0.113. The van der Waals surface area contributed by atoms with E-state index in [0.717, 1.165) is 25.8 Å². The van der Waals surface area contributed by atoms with E-state index in [-0.39, 0.29) is 5.91 Å². The Morgan fingerprint density at radius 2 is 2.05 bits per heavy atom. The van der Waals surface area contributed by atoms with Gasteiger partial charge in [0.1, 0.15) is 0 Å². The van der Waals surface area contributed by atoms with Crippen LogP contribution >= 0.6 is 23.1 Å². The number of thiazole rings is 1. The Morgan fingerprint density at radius 3 is 2.82 bits per heavy atom. The molecule has 1 N–H and O–H groups in total. The Bertz CT molecular complexity index is 793. The number of anilines is 1. The first kappa shape index (κ1) is 15.1. The monoisotopic (exact) mass is 328 g/mol. The van der Waals surface area contributed by atoms with Gasteiger partial charge in [0.05, 0.1) is 16.0 Å². The van der Waals surface area contributed by atoms with Gasteiger partial charge in [0.2, 0.25) is 5.91 Å². The fraction of sp³-hybridized carbons (Fsp3) is 0.176. The van der Waals surface area contributed by atoms with Gasteiger partial charge >= 0.3 is 0 Å². The summed E-state index contributed by atoms with van der Waals surface area (Å²) in [5.74, 6) is 0.365. The Balaban J connectivity index is 1.62. The third-order valence-corrected chi connectivity index (χ3v) is 5.44. The number of amides is 1. The Hall–Kier alpha value is -1.85. The summed E-state index contributed by atoms with van der Waals surface area (Å²) in [6.07, 6.45) is 0. The molecular formula is C17H16N2OS2. The fourth-order valence-electron chi connectivity index (χ4n) is 2.18. The third kappa shape index (κ3) is 3.48. The zero-order valence-electron chi connectivity index (χ0n) is 12.4. The number of hydrogen-bond donors (Lipinski definition) is 1. The molecule has 3 nitrogen and oxygen atoms in total. The maximum atomic E-state index is 12.1. The predicted octanol–water partition coefficient (Wildman–Crippen LogP) is 4.64. The van der Waals surface area contributed by atoms with Gasteiger partial charge in [0.25, 0.3) is 0 Å². The molecule has 1 heterocycles. The van der Waals surface area contributed by atoms with E-state index < -0.39 is 0 Å². The number of fused-ring (bicyclic) bond motifs is 1. The standard InChI is InChI=1S/C17H16N2OS2/c1-11-7-8-13(12(2)9-11)18-16(20)10-21-17-19-14-5-3-4-6-15(14)22-17/h3-9H,10H2,1-2H3,(H,18,20). The van der Waals surface area contributed by atoms with Crippen molar-refractivity contribution in [2.45, 2.75) is 18.2 Å². The van der Waals surface area contributed by atoms with Gasteiger partial charge in [-0.2, -0.15) is 0 Å². The second kappa shape index (κ2) is 6.50. The highest BCUT2D eigenvalue weighted by molar-refractivity contribution is 8.01. The van der Waals surface area contributed by atoms with Crippen LogP contribution in [0.25, 0.3) is 10.2 Å². The largest absolute Gasteiger partial charge is 0.325 e. The van der Waals surface area contributed by atoms with E-state index >= 15 is 0 Å². The SMILES string of the molecule is Cc1ccc(NC(=O)CSc2nc3ccccc3s2)c(C)c1. The van der Waals surface area contributed by atoms with E-state index in [1.54, 1.807) is 11.3 Å². The molecule has 0 aliphatic carbocycles. The molecule has 0 spiro atoms. The van der Waals surface area contributed by atoms with E-state index in [0.29, 0.717) is 5.75 Å². The number of carbonyl (C=O) groups is 1. The van der Waals surface area contributed by atoms with E-state index in [4.69, 9.17) is 0 Å². The second-order valence-electron chi connectivity index (χ2n) is 5.10. The number of benzene rings is 2. The summed E-state index contributed by atoms with van der Waals surface area (Å²) in [6, 6.07) is 14.0. The molecule has 22 heavy (non-hydrogen) atoms. The van der Waals surface area contributed by atoms with Crippen LogP contribution in [0, 0.1) is 13.8 Å². The average Bonchev–Trinajstić information content (AvgIpc) is 2.91. The molecule has 0 radical (unpaired) electrons. The molecule has 3 rings (SSSR count). The van der Waals surface area contributed by atoms with Crippen LogP contribution in [-0.2, 0) is 4.79 Å². The normalized spacial score (nSPS) is 10.8. The van der Waals surface area contributed by atoms with Gasteiger partial charge in [0, 0.05) is 5.69 Å². The highest BCUT2D eigenvalue weighted by Crippen LogP contribution is 2.29. The lowest BCUT2D eigenvalue weighted by Crippen LogP contribution is -2.14. The lowest BCUT2D eigenvalue weighted by atomic mass is 10.1. The summed E-state index contributed by atoms with van der Waals surface area (Å²) in [5, 5.41) is 2.96. The quantitative estimate of drug-likeness (QED) is 0.709. The summed E-state index contributed by atoms with van der Waals surface area (Å²) in [6.45, 7) is 4.05. The van der Waals surface area contributed by atoms with E-state index in [2.05, 4.69) is 16.4 Å². The molecule has 2 aromatic carbocycles. The molecule has 0 saturated heterocycles.